The molecule has 0 saturated carbocycles. The molecule has 4 aromatic rings. The predicted molar refractivity (Wildman–Crippen MR) is 113 cm³/mol. The zero-order valence-corrected chi connectivity index (χ0v) is 17.2. The first-order valence-corrected chi connectivity index (χ1v) is 9.44. The summed E-state index contributed by atoms with van der Waals surface area (Å²) in [5.74, 6) is 0.789. The third-order valence-electron chi connectivity index (χ3n) is 4.81. The smallest absolute Gasteiger partial charge is 0.213 e. The first kappa shape index (κ1) is 19.6. The number of hydrogen-bond acceptors (Lipinski definition) is 6. The molecule has 0 spiro atoms. The number of rotatable bonds is 6. The minimum Gasteiger partial charge on any atom is -0.493 e. The van der Waals surface area contributed by atoms with Gasteiger partial charge in [0.1, 0.15) is 0 Å². The van der Waals surface area contributed by atoms with Gasteiger partial charge in [0.15, 0.2) is 17.1 Å². The summed E-state index contributed by atoms with van der Waals surface area (Å²) >= 11 is 0. The number of halogens is 1. The molecule has 0 aliphatic heterocycles. The van der Waals surface area contributed by atoms with Gasteiger partial charge in [-0.2, -0.15) is 9.49 Å². The number of ether oxygens (including phenoxy) is 2. The van der Waals surface area contributed by atoms with E-state index in [9.17, 15) is 4.39 Å². The van der Waals surface area contributed by atoms with Crippen LogP contribution in [0.3, 0.4) is 0 Å². The molecule has 30 heavy (non-hydrogen) atoms. The lowest BCUT2D eigenvalue weighted by molar-refractivity contribution is 0.355. The van der Waals surface area contributed by atoms with Gasteiger partial charge in [0.05, 0.1) is 37.0 Å². The van der Waals surface area contributed by atoms with Crippen molar-refractivity contribution in [1.29, 1.82) is 0 Å². The maximum Gasteiger partial charge on any atom is 0.213 e. The van der Waals surface area contributed by atoms with E-state index in [0.717, 1.165) is 33.9 Å². The Bertz CT molecular complexity index is 1220. The summed E-state index contributed by atoms with van der Waals surface area (Å²) in [6, 6.07) is 10.8. The van der Waals surface area contributed by atoms with Crippen molar-refractivity contribution in [2.45, 2.75) is 20.4 Å². The second kappa shape index (κ2) is 7.98. The fourth-order valence-electron chi connectivity index (χ4n) is 3.44. The molecule has 7 nitrogen and oxygen atoms in total. The van der Waals surface area contributed by atoms with Crippen molar-refractivity contribution in [3.05, 3.63) is 65.5 Å². The van der Waals surface area contributed by atoms with E-state index in [1.807, 2.05) is 42.6 Å². The van der Waals surface area contributed by atoms with Crippen LogP contribution in [-0.4, -0.2) is 33.8 Å². The van der Waals surface area contributed by atoms with Gasteiger partial charge >= 0.3 is 0 Å². The number of benzene rings is 1. The normalized spacial score (nSPS) is 11.0. The van der Waals surface area contributed by atoms with Crippen LogP contribution in [-0.2, 0) is 6.54 Å². The Balaban J connectivity index is 1.77. The van der Waals surface area contributed by atoms with Gasteiger partial charge in [0.25, 0.3) is 0 Å². The van der Waals surface area contributed by atoms with Crippen LogP contribution in [0.1, 0.15) is 17.0 Å². The summed E-state index contributed by atoms with van der Waals surface area (Å²) in [6.07, 6.45) is 1.45. The molecule has 0 unspecified atom stereocenters. The van der Waals surface area contributed by atoms with E-state index in [2.05, 4.69) is 15.4 Å². The molecule has 0 saturated heterocycles. The Hall–Kier alpha value is -3.68. The largest absolute Gasteiger partial charge is 0.493 e. The summed E-state index contributed by atoms with van der Waals surface area (Å²) in [4.78, 5) is 8.33. The molecular weight excluding hydrogens is 385 g/mol. The molecule has 1 N–H and O–H groups in total. The number of nitrogens with zero attached hydrogens (tertiary/aromatic N) is 4. The SMILES string of the molecule is COc1ccc(-c2c(C)nc3c(NCc4ccnc(F)c4)cc(C)nn23)cc1OC. The first-order chi connectivity index (χ1) is 14.5. The fourth-order valence-corrected chi connectivity index (χ4v) is 3.44. The molecule has 1 aromatic carbocycles. The van der Waals surface area contributed by atoms with Crippen LogP contribution in [0.2, 0.25) is 0 Å². The molecule has 0 bridgehead atoms. The second-order valence-corrected chi connectivity index (χ2v) is 6.89. The average molecular weight is 407 g/mol. The van der Waals surface area contributed by atoms with Crippen molar-refractivity contribution < 1.29 is 13.9 Å². The van der Waals surface area contributed by atoms with E-state index >= 15 is 0 Å². The van der Waals surface area contributed by atoms with Crippen LogP contribution in [0.5, 0.6) is 11.5 Å². The fraction of sp³-hybridized carbons (Fsp3) is 0.227. The van der Waals surface area contributed by atoms with E-state index in [0.29, 0.717) is 23.7 Å². The van der Waals surface area contributed by atoms with Crippen LogP contribution >= 0.6 is 0 Å². The zero-order chi connectivity index (χ0) is 21.3. The van der Waals surface area contributed by atoms with Gasteiger partial charge in [-0.3, -0.25) is 0 Å². The maximum atomic E-state index is 13.4. The molecule has 0 amide bonds. The Morgan fingerprint density at radius 2 is 1.83 bits per heavy atom. The van der Waals surface area contributed by atoms with Crippen molar-refractivity contribution >= 4 is 11.3 Å². The van der Waals surface area contributed by atoms with Crippen molar-refractivity contribution in [1.82, 2.24) is 19.6 Å². The second-order valence-electron chi connectivity index (χ2n) is 6.89. The van der Waals surface area contributed by atoms with Gasteiger partial charge < -0.3 is 14.8 Å². The Morgan fingerprint density at radius 3 is 2.57 bits per heavy atom. The minimum absolute atomic E-state index is 0.441. The molecule has 0 fully saturated rings. The summed E-state index contributed by atoms with van der Waals surface area (Å²) in [6.45, 7) is 4.30. The van der Waals surface area contributed by atoms with Gasteiger partial charge in [0.2, 0.25) is 5.95 Å². The number of imidazole rings is 1. The molecule has 154 valence electrons. The zero-order valence-electron chi connectivity index (χ0n) is 17.2. The van der Waals surface area contributed by atoms with Gasteiger partial charge in [-0.15, -0.1) is 0 Å². The maximum absolute atomic E-state index is 13.4. The topological polar surface area (TPSA) is 73.6 Å². The molecule has 0 atom stereocenters. The number of hydrogen-bond donors (Lipinski definition) is 1. The number of aromatic nitrogens is 4. The van der Waals surface area contributed by atoms with Crippen molar-refractivity contribution in [3.8, 4) is 22.8 Å². The lowest BCUT2D eigenvalue weighted by Gasteiger charge is -2.11. The van der Waals surface area contributed by atoms with Crippen LogP contribution in [0.4, 0.5) is 10.1 Å². The van der Waals surface area contributed by atoms with E-state index in [4.69, 9.17) is 14.5 Å². The van der Waals surface area contributed by atoms with Crippen molar-refractivity contribution in [3.63, 3.8) is 0 Å². The molecule has 3 heterocycles. The third kappa shape index (κ3) is 3.63. The van der Waals surface area contributed by atoms with E-state index < -0.39 is 5.95 Å². The number of methoxy groups -OCH3 is 2. The highest BCUT2D eigenvalue weighted by Gasteiger charge is 2.17. The number of pyridine rings is 1. The molecule has 0 aliphatic carbocycles. The predicted octanol–water partition coefficient (Wildman–Crippen LogP) is 4.18. The van der Waals surface area contributed by atoms with Gasteiger partial charge in [-0.05, 0) is 55.8 Å². The summed E-state index contributed by atoms with van der Waals surface area (Å²) in [5, 5.41) is 8.02. The van der Waals surface area contributed by atoms with Crippen molar-refractivity contribution in [2.24, 2.45) is 0 Å². The van der Waals surface area contributed by atoms with Gasteiger partial charge in [0, 0.05) is 18.3 Å². The lowest BCUT2D eigenvalue weighted by Crippen LogP contribution is -2.05. The molecule has 0 radical (unpaired) electrons. The summed E-state index contributed by atoms with van der Waals surface area (Å²) in [7, 11) is 3.21. The Morgan fingerprint density at radius 1 is 1.03 bits per heavy atom. The number of fused-ring (bicyclic) bond motifs is 1. The minimum atomic E-state index is -0.502. The standard InChI is InChI=1S/C22H22FN5O2/c1-13-9-17(25-12-15-7-8-24-20(23)10-15)22-26-14(2)21(28(22)27-13)16-5-6-18(29-3)19(11-16)30-4/h5-11,25H,12H2,1-4H3. The Labute approximate surface area is 173 Å². The molecule has 0 aliphatic rings. The highest BCUT2D eigenvalue weighted by molar-refractivity contribution is 5.76. The van der Waals surface area contributed by atoms with E-state index in [1.165, 1.54) is 12.3 Å². The highest BCUT2D eigenvalue weighted by atomic mass is 19.1. The Kier molecular flexibility index (Phi) is 5.22. The van der Waals surface area contributed by atoms with Crippen LogP contribution in [0.15, 0.2) is 42.6 Å². The number of nitrogens with one attached hydrogen (secondary N) is 1. The molecular formula is C22H22FN5O2. The van der Waals surface area contributed by atoms with E-state index in [1.54, 1.807) is 20.3 Å². The molecule has 8 heteroatoms. The van der Waals surface area contributed by atoms with Gasteiger partial charge in [-0.1, -0.05) is 0 Å². The van der Waals surface area contributed by atoms with Crippen LogP contribution in [0.25, 0.3) is 16.9 Å². The average Bonchev–Trinajstić information content (AvgIpc) is 3.07. The quantitative estimate of drug-likeness (QED) is 0.484. The third-order valence-corrected chi connectivity index (χ3v) is 4.81. The van der Waals surface area contributed by atoms with Crippen LogP contribution < -0.4 is 14.8 Å². The first-order valence-electron chi connectivity index (χ1n) is 9.44. The van der Waals surface area contributed by atoms with Gasteiger partial charge in [-0.25, -0.2) is 14.5 Å². The molecule has 3 aromatic heterocycles. The highest BCUT2D eigenvalue weighted by Crippen LogP contribution is 2.34. The summed E-state index contributed by atoms with van der Waals surface area (Å²) < 4.78 is 26.0. The number of aryl methyl sites for hydroxylation is 2. The monoisotopic (exact) mass is 407 g/mol. The van der Waals surface area contributed by atoms with Crippen LogP contribution in [0, 0.1) is 19.8 Å². The summed E-state index contributed by atoms with van der Waals surface area (Å²) in [5.41, 5.74) is 5.74. The number of anilines is 1. The van der Waals surface area contributed by atoms with E-state index in [-0.39, 0.29) is 0 Å². The van der Waals surface area contributed by atoms with Crippen molar-refractivity contribution in [2.75, 3.05) is 19.5 Å². The molecule has 4 rings (SSSR count). The lowest BCUT2D eigenvalue weighted by atomic mass is 10.1.